The summed E-state index contributed by atoms with van der Waals surface area (Å²) in [6, 6.07) is 5.93. The first kappa shape index (κ1) is 31.6. The molecule has 1 aliphatic heterocycles. The van der Waals surface area contributed by atoms with Gasteiger partial charge in [-0.15, -0.1) is 0 Å². The summed E-state index contributed by atoms with van der Waals surface area (Å²) in [5.41, 5.74) is 1.54. The summed E-state index contributed by atoms with van der Waals surface area (Å²) < 4.78 is 17.0. The molecular formula is C32H48N4O6. The van der Waals surface area contributed by atoms with Crippen LogP contribution in [0.4, 0.5) is 10.5 Å². The van der Waals surface area contributed by atoms with Crippen molar-refractivity contribution in [1.29, 1.82) is 0 Å². The summed E-state index contributed by atoms with van der Waals surface area (Å²) in [4.78, 5) is 46.2. The molecule has 1 aromatic rings. The summed E-state index contributed by atoms with van der Waals surface area (Å²) in [6.07, 6.45) is 9.45. The monoisotopic (exact) mass is 584 g/mol. The highest BCUT2D eigenvalue weighted by atomic mass is 16.6. The maximum Gasteiger partial charge on any atom is 0.413 e. The fourth-order valence-corrected chi connectivity index (χ4v) is 6.34. The van der Waals surface area contributed by atoms with E-state index in [1.54, 1.807) is 11.8 Å². The predicted molar refractivity (Wildman–Crippen MR) is 161 cm³/mol. The van der Waals surface area contributed by atoms with Crippen molar-refractivity contribution >= 4 is 29.6 Å². The van der Waals surface area contributed by atoms with E-state index in [1.165, 1.54) is 19.3 Å². The fraction of sp³-hybridized carbons (Fsp3) is 0.688. The SMILES string of the molecule is CCOC(=O)NC1=Nc2ccc(OCCCC(=O)N(C)C3CCCCC3)cc2CN1CC(=O)OC1C(C)CCCC1C. The fourth-order valence-electron chi connectivity index (χ4n) is 6.34. The molecule has 1 aromatic carbocycles. The molecule has 0 radical (unpaired) electrons. The molecule has 2 aliphatic carbocycles. The topological polar surface area (TPSA) is 110 Å². The Morgan fingerprint density at radius 1 is 1.05 bits per heavy atom. The largest absolute Gasteiger partial charge is 0.494 e. The molecule has 2 amide bonds. The van der Waals surface area contributed by atoms with E-state index < -0.39 is 6.09 Å². The van der Waals surface area contributed by atoms with Crippen molar-refractivity contribution in [3.8, 4) is 5.75 Å². The van der Waals surface area contributed by atoms with Gasteiger partial charge in [-0.3, -0.25) is 14.9 Å². The standard InChI is InChI=1S/C32H48N4O6/c1-5-40-32(39)34-31-33-27-17-16-26(41-18-10-15-28(37)35(4)25-13-7-6-8-14-25)19-24(27)20-36(31)21-29(38)42-30-22(2)11-9-12-23(30)3/h16-17,19,22-23,25,30H,5-15,18,20-21H2,1-4H3,(H,33,34,39). The lowest BCUT2D eigenvalue weighted by atomic mass is 9.80. The van der Waals surface area contributed by atoms with E-state index in [0.717, 1.165) is 37.7 Å². The Hall–Kier alpha value is -3.30. The number of carbonyl (C=O) groups is 3. The first-order valence-electron chi connectivity index (χ1n) is 15.7. The van der Waals surface area contributed by atoms with Gasteiger partial charge in [0.15, 0.2) is 0 Å². The van der Waals surface area contributed by atoms with Crippen LogP contribution in [0.3, 0.4) is 0 Å². The number of benzene rings is 1. The predicted octanol–water partition coefficient (Wildman–Crippen LogP) is 5.55. The molecule has 42 heavy (non-hydrogen) atoms. The summed E-state index contributed by atoms with van der Waals surface area (Å²) in [5.74, 6) is 1.37. The highest BCUT2D eigenvalue weighted by Gasteiger charge is 2.32. The minimum Gasteiger partial charge on any atom is -0.494 e. The number of esters is 1. The van der Waals surface area contributed by atoms with Gasteiger partial charge >= 0.3 is 12.1 Å². The van der Waals surface area contributed by atoms with Crippen molar-refractivity contribution in [2.45, 2.75) is 104 Å². The molecule has 0 bridgehead atoms. The molecule has 3 aliphatic rings. The second-order valence-corrected chi connectivity index (χ2v) is 12.0. The maximum atomic E-state index is 13.1. The van der Waals surface area contributed by atoms with Crippen LogP contribution in [0.15, 0.2) is 23.2 Å². The molecule has 0 spiro atoms. The molecule has 10 nitrogen and oxygen atoms in total. The Morgan fingerprint density at radius 2 is 1.79 bits per heavy atom. The summed E-state index contributed by atoms with van der Waals surface area (Å²) in [6.45, 7) is 6.92. The zero-order valence-electron chi connectivity index (χ0n) is 25.7. The molecule has 2 atom stereocenters. The van der Waals surface area contributed by atoms with Gasteiger partial charge in [0.25, 0.3) is 0 Å². The number of hydrogen-bond donors (Lipinski definition) is 1. The summed E-state index contributed by atoms with van der Waals surface area (Å²) >= 11 is 0. The Morgan fingerprint density at radius 3 is 2.50 bits per heavy atom. The van der Waals surface area contributed by atoms with Crippen molar-refractivity contribution in [2.24, 2.45) is 16.8 Å². The molecule has 1 heterocycles. The van der Waals surface area contributed by atoms with Gasteiger partial charge in [-0.05, 0) is 69.1 Å². The lowest BCUT2D eigenvalue weighted by Gasteiger charge is -2.35. The van der Waals surface area contributed by atoms with Crippen molar-refractivity contribution in [2.75, 3.05) is 26.8 Å². The molecule has 1 N–H and O–H groups in total. The van der Waals surface area contributed by atoms with Gasteiger partial charge in [0.05, 0.1) is 18.9 Å². The van der Waals surface area contributed by atoms with E-state index in [4.69, 9.17) is 14.2 Å². The van der Waals surface area contributed by atoms with E-state index >= 15 is 0 Å². The van der Waals surface area contributed by atoms with Gasteiger partial charge in [0.1, 0.15) is 18.4 Å². The van der Waals surface area contributed by atoms with Crippen LogP contribution in [0.2, 0.25) is 0 Å². The lowest BCUT2D eigenvalue weighted by molar-refractivity contribution is -0.157. The van der Waals surface area contributed by atoms with Gasteiger partial charge in [-0.25, -0.2) is 9.79 Å². The third-order valence-electron chi connectivity index (χ3n) is 8.77. The first-order valence-corrected chi connectivity index (χ1v) is 15.7. The summed E-state index contributed by atoms with van der Waals surface area (Å²) in [7, 11) is 1.92. The number of ether oxygens (including phenoxy) is 3. The Labute approximate surface area is 250 Å². The minimum absolute atomic E-state index is 0.0532. The van der Waals surface area contributed by atoms with Gasteiger partial charge in [-0.2, -0.15) is 0 Å². The highest BCUT2D eigenvalue weighted by molar-refractivity contribution is 5.97. The normalized spacial score (nSPS) is 22.4. The zero-order valence-corrected chi connectivity index (χ0v) is 25.7. The number of amides is 2. The van der Waals surface area contributed by atoms with E-state index in [-0.39, 0.29) is 37.1 Å². The molecular weight excluding hydrogens is 536 g/mol. The van der Waals surface area contributed by atoms with E-state index in [9.17, 15) is 14.4 Å². The number of nitrogens with one attached hydrogen (secondary N) is 1. The Bertz CT molecular complexity index is 1110. The third kappa shape index (κ3) is 8.61. The third-order valence-corrected chi connectivity index (χ3v) is 8.77. The minimum atomic E-state index is -0.628. The van der Waals surface area contributed by atoms with Crippen LogP contribution in [0.5, 0.6) is 5.75 Å². The highest BCUT2D eigenvalue weighted by Crippen LogP contribution is 2.32. The van der Waals surface area contributed by atoms with E-state index in [0.29, 0.717) is 55.3 Å². The molecule has 232 valence electrons. The molecule has 0 aromatic heterocycles. The van der Waals surface area contributed by atoms with Crippen LogP contribution >= 0.6 is 0 Å². The Kier molecular flexibility index (Phi) is 11.5. The molecule has 2 unspecified atom stereocenters. The van der Waals surface area contributed by atoms with Crippen LogP contribution in [-0.4, -0.2) is 72.7 Å². The van der Waals surface area contributed by atoms with Gasteiger partial charge in [-0.1, -0.05) is 39.5 Å². The van der Waals surface area contributed by atoms with Gasteiger partial charge in [0, 0.05) is 31.6 Å². The number of guanidine groups is 1. The Balaban J connectivity index is 1.35. The molecule has 2 fully saturated rings. The number of aliphatic imine (C=N–C) groups is 1. The maximum absolute atomic E-state index is 13.1. The second-order valence-electron chi connectivity index (χ2n) is 12.0. The second kappa shape index (κ2) is 15.3. The smallest absolute Gasteiger partial charge is 0.413 e. The number of hydrogen-bond acceptors (Lipinski definition) is 8. The van der Waals surface area contributed by atoms with Crippen LogP contribution in [0.25, 0.3) is 0 Å². The molecule has 2 saturated carbocycles. The number of nitrogens with zero attached hydrogens (tertiary/aromatic N) is 3. The van der Waals surface area contributed by atoms with Crippen LogP contribution in [-0.2, 0) is 25.6 Å². The number of alkyl carbamates (subject to hydrolysis) is 1. The van der Waals surface area contributed by atoms with E-state index in [1.807, 2.05) is 30.1 Å². The van der Waals surface area contributed by atoms with Gasteiger partial charge < -0.3 is 24.0 Å². The molecule has 0 saturated heterocycles. The van der Waals surface area contributed by atoms with Crippen molar-refractivity contribution < 1.29 is 28.6 Å². The molecule has 10 heteroatoms. The molecule has 4 rings (SSSR count). The number of fused-ring (bicyclic) bond motifs is 1. The van der Waals surface area contributed by atoms with Crippen LogP contribution in [0.1, 0.15) is 90.5 Å². The number of carbonyl (C=O) groups excluding carboxylic acids is 3. The quantitative estimate of drug-likeness (QED) is 0.283. The van der Waals surface area contributed by atoms with Crippen LogP contribution in [0, 0.1) is 11.8 Å². The first-order chi connectivity index (χ1) is 20.2. The summed E-state index contributed by atoms with van der Waals surface area (Å²) in [5, 5.41) is 2.68. The average molecular weight is 585 g/mol. The van der Waals surface area contributed by atoms with Crippen molar-refractivity contribution in [1.82, 2.24) is 15.1 Å². The van der Waals surface area contributed by atoms with Crippen molar-refractivity contribution in [3.05, 3.63) is 23.8 Å². The zero-order chi connectivity index (χ0) is 30.1. The average Bonchev–Trinajstić information content (AvgIpc) is 2.97. The van der Waals surface area contributed by atoms with Crippen LogP contribution < -0.4 is 10.1 Å². The van der Waals surface area contributed by atoms with Gasteiger partial charge in [0.2, 0.25) is 11.9 Å². The number of rotatable bonds is 10. The van der Waals surface area contributed by atoms with E-state index in [2.05, 4.69) is 24.2 Å². The van der Waals surface area contributed by atoms with Crippen molar-refractivity contribution in [3.63, 3.8) is 0 Å². The lowest BCUT2D eigenvalue weighted by Crippen LogP contribution is -2.48.